The number of nitrogens with zero attached hydrogens (tertiary/aromatic N) is 3. The molecule has 0 radical (unpaired) electrons. The molecule has 0 saturated carbocycles. The molecule has 0 aromatic carbocycles. The van der Waals surface area contributed by atoms with E-state index in [9.17, 15) is 0 Å². The van der Waals surface area contributed by atoms with Crippen molar-refractivity contribution in [3.63, 3.8) is 0 Å². The summed E-state index contributed by atoms with van der Waals surface area (Å²) < 4.78 is 0. The van der Waals surface area contributed by atoms with Crippen LogP contribution < -0.4 is 10.2 Å². The molecule has 2 heterocycles. The lowest BCUT2D eigenvalue weighted by Gasteiger charge is -2.29. The van der Waals surface area contributed by atoms with E-state index in [4.69, 9.17) is 9.97 Å². The zero-order valence-electron chi connectivity index (χ0n) is 13.7. The minimum absolute atomic E-state index is 0.0323. The smallest absolute Gasteiger partial charge is 0.138 e. The lowest BCUT2D eigenvalue weighted by molar-refractivity contribution is 0.542. The van der Waals surface area contributed by atoms with Gasteiger partial charge < -0.3 is 10.2 Å². The molecular weight excluding hydrogens is 248 g/mol. The normalized spacial score (nSPS) is 19.5. The van der Waals surface area contributed by atoms with E-state index in [2.05, 4.69) is 44.8 Å². The Morgan fingerprint density at radius 1 is 1.30 bits per heavy atom. The fourth-order valence-corrected chi connectivity index (χ4v) is 2.90. The number of aromatic nitrogens is 2. The molecule has 4 heteroatoms. The van der Waals surface area contributed by atoms with Crippen LogP contribution in [-0.4, -0.2) is 29.6 Å². The average molecular weight is 276 g/mol. The molecule has 112 valence electrons. The van der Waals surface area contributed by atoms with E-state index in [0.717, 1.165) is 24.0 Å². The fraction of sp³-hybridized carbons (Fsp3) is 0.750. The largest absolute Gasteiger partial charge is 0.373 e. The summed E-state index contributed by atoms with van der Waals surface area (Å²) in [4.78, 5) is 12.1. The third-order valence-corrected chi connectivity index (χ3v) is 4.15. The highest BCUT2D eigenvalue weighted by molar-refractivity contribution is 5.59. The zero-order valence-corrected chi connectivity index (χ0v) is 13.7. The van der Waals surface area contributed by atoms with E-state index >= 15 is 0 Å². The van der Waals surface area contributed by atoms with E-state index in [1.165, 1.54) is 24.8 Å². The van der Waals surface area contributed by atoms with Crippen LogP contribution in [0.4, 0.5) is 11.6 Å². The molecule has 1 aromatic heterocycles. The topological polar surface area (TPSA) is 41.1 Å². The molecule has 0 spiro atoms. The first-order valence-corrected chi connectivity index (χ1v) is 7.72. The van der Waals surface area contributed by atoms with Crippen molar-refractivity contribution in [1.29, 1.82) is 0 Å². The summed E-state index contributed by atoms with van der Waals surface area (Å²) in [7, 11) is 1.94. The molecule has 1 saturated heterocycles. The highest BCUT2D eigenvalue weighted by atomic mass is 15.2. The third-order valence-electron chi connectivity index (χ3n) is 4.15. The summed E-state index contributed by atoms with van der Waals surface area (Å²) in [6.45, 7) is 12.0. The standard InChI is InChI=1S/C16H28N4/c1-7-12-9-8-10-20(12)14-11(2)13(17-6)18-15(19-14)16(3,4)5/h12H,7-10H2,1-6H3,(H,17,18,19). The Kier molecular flexibility index (Phi) is 4.21. The van der Waals surface area contributed by atoms with Gasteiger partial charge in [0.1, 0.15) is 17.5 Å². The molecule has 1 fully saturated rings. The van der Waals surface area contributed by atoms with Gasteiger partial charge in [-0.15, -0.1) is 0 Å². The summed E-state index contributed by atoms with van der Waals surface area (Å²) in [5.74, 6) is 3.00. The van der Waals surface area contributed by atoms with Crippen molar-refractivity contribution in [1.82, 2.24) is 9.97 Å². The molecule has 20 heavy (non-hydrogen) atoms. The minimum Gasteiger partial charge on any atom is -0.373 e. The first-order chi connectivity index (χ1) is 9.38. The van der Waals surface area contributed by atoms with Gasteiger partial charge in [0.05, 0.1) is 0 Å². The van der Waals surface area contributed by atoms with Crippen LogP contribution in [0.25, 0.3) is 0 Å². The van der Waals surface area contributed by atoms with Crippen LogP contribution in [0.2, 0.25) is 0 Å². The minimum atomic E-state index is -0.0323. The van der Waals surface area contributed by atoms with Crippen LogP contribution in [0.15, 0.2) is 0 Å². The molecule has 0 bridgehead atoms. The molecular formula is C16H28N4. The summed E-state index contributed by atoms with van der Waals surface area (Å²) in [6.07, 6.45) is 3.73. The van der Waals surface area contributed by atoms with Gasteiger partial charge in [-0.25, -0.2) is 9.97 Å². The number of nitrogens with one attached hydrogen (secondary N) is 1. The number of rotatable bonds is 3. The third kappa shape index (κ3) is 2.74. The van der Waals surface area contributed by atoms with Gasteiger partial charge in [-0.3, -0.25) is 0 Å². The van der Waals surface area contributed by atoms with Crippen molar-refractivity contribution >= 4 is 11.6 Å². The summed E-state index contributed by atoms with van der Waals surface area (Å²) in [5, 5.41) is 3.23. The maximum absolute atomic E-state index is 4.91. The van der Waals surface area contributed by atoms with Crippen molar-refractivity contribution in [2.24, 2.45) is 0 Å². The van der Waals surface area contributed by atoms with Gasteiger partial charge in [-0.2, -0.15) is 0 Å². The van der Waals surface area contributed by atoms with Crippen LogP contribution >= 0.6 is 0 Å². The van der Waals surface area contributed by atoms with Crippen molar-refractivity contribution in [3.8, 4) is 0 Å². The maximum atomic E-state index is 4.91. The second-order valence-corrected chi connectivity index (χ2v) is 6.74. The van der Waals surface area contributed by atoms with Crippen LogP contribution in [0.1, 0.15) is 58.3 Å². The Bertz CT molecular complexity index is 476. The fourth-order valence-electron chi connectivity index (χ4n) is 2.90. The van der Waals surface area contributed by atoms with Crippen molar-refractivity contribution in [2.75, 3.05) is 23.8 Å². The Morgan fingerprint density at radius 3 is 2.55 bits per heavy atom. The van der Waals surface area contributed by atoms with E-state index in [0.29, 0.717) is 6.04 Å². The van der Waals surface area contributed by atoms with Crippen molar-refractivity contribution < 1.29 is 0 Å². The number of hydrogen-bond acceptors (Lipinski definition) is 4. The summed E-state index contributed by atoms with van der Waals surface area (Å²) in [5.41, 5.74) is 1.14. The SMILES string of the molecule is CCC1CCCN1c1nc(C(C)(C)C)nc(NC)c1C. The highest BCUT2D eigenvalue weighted by Crippen LogP contribution is 2.33. The lowest BCUT2D eigenvalue weighted by Crippen LogP contribution is -2.31. The summed E-state index contributed by atoms with van der Waals surface area (Å²) >= 11 is 0. The molecule has 1 unspecified atom stereocenters. The molecule has 1 aromatic rings. The predicted octanol–water partition coefficient (Wildman–Crippen LogP) is 3.50. The quantitative estimate of drug-likeness (QED) is 0.917. The second kappa shape index (κ2) is 5.58. The molecule has 1 aliphatic heterocycles. The second-order valence-electron chi connectivity index (χ2n) is 6.74. The van der Waals surface area contributed by atoms with Gasteiger partial charge in [0.2, 0.25) is 0 Å². The Morgan fingerprint density at radius 2 is 2.00 bits per heavy atom. The predicted molar refractivity (Wildman–Crippen MR) is 85.7 cm³/mol. The van der Waals surface area contributed by atoms with Crippen LogP contribution in [-0.2, 0) is 5.41 Å². The Labute approximate surface area is 123 Å². The van der Waals surface area contributed by atoms with Crippen molar-refractivity contribution in [2.45, 2.75) is 65.3 Å². The van der Waals surface area contributed by atoms with E-state index in [1.54, 1.807) is 0 Å². The number of hydrogen-bond donors (Lipinski definition) is 1. The van der Waals surface area contributed by atoms with Crippen LogP contribution in [0, 0.1) is 6.92 Å². The van der Waals surface area contributed by atoms with E-state index in [-0.39, 0.29) is 5.41 Å². The Balaban J connectivity index is 2.51. The molecule has 1 N–H and O–H groups in total. The average Bonchev–Trinajstić information content (AvgIpc) is 2.85. The molecule has 0 amide bonds. The number of anilines is 2. The molecule has 0 aliphatic carbocycles. The van der Waals surface area contributed by atoms with Crippen LogP contribution in [0.3, 0.4) is 0 Å². The van der Waals surface area contributed by atoms with Crippen molar-refractivity contribution in [3.05, 3.63) is 11.4 Å². The van der Waals surface area contributed by atoms with Gasteiger partial charge in [-0.1, -0.05) is 27.7 Å². The molecule has 1 atom stereocenters. The highest BCUT2D eigenvalue weighted by Gasteiger charge is 2.28. The van der Waals surface area contributed by atoms with Crippen LogP contribution in [0.5, 0.6) is 0 Å². The van der Waals surface area contributed by atoms with Gasteiger partial charge in [-0.05, 0) is 26.2 Å². The van der Waals surface area contributed by atoms with Gasteiger partial charge >= 0.3 is 0 Å². The zero-order chi connectivity index (χ0) is 14.9. The monoisotopic (exact) mass is 276 g/mol. The Hall–Kier alpha value is -1.32. The summed E-state index contributed by atoms with van der Waals surface area (Å²) in [6, 6.07) is 0.626. The maximum Gasteiger partial charge on any atom is 0.138 e. The van der Waals surface area contributed by atoms with Gasteiger partial charge in [0.25, 0.3) is 0 Å². The molecule has 4 nitrogen and oxygen atoms in total. The molecule has 2 rings (SSSR count). The van der Waals surface area contributed by atoms with Gasteiger partial charge in [0, 0.05) is 30.6 Å². The van der Waals surface area contributed by atoms with E-state index in [1.807, 2.05) is 7.05 Å². The molecule has 1 aliphatic rings. The van der Waals surface area contributed by atoms with Gasteiger partial charge in [0.15, 0.2) is 0 Å². The first-order valence-electron chi connectivity index (χ1n) is 7.72. The van der Waals surface area contributed by atoms with E-state index < -0.39 is 0 Å². The first kappa shape index (κ1) is 15.1. The lowest BCUT2D eigenvalue weighted by atomic mass is 9.95.